The highest BCUT2D eigenvalue weighted by Crippen LogP contribution is 2.66. The molecule has 282 valence electrons. The number of ether oxygens (including phenoxy) is 2. The second-order valence-corrected chi connectivity index (χ2v) is 17.5. The number of methoxy groups -OCH3 is 2. The van der Waals surface area contributed by atoms with Gasteiger partial charge in [0.2, 0.25) is 11.8 Å². The number of benzene rings is 4. The molecule has 3 fully saturated rings. The lowest BCUT2D eigenvalue weighted by atomic mass is 9.49. The predicted octanol–water partition coefficient (Wildman–Crippen LogP) is 9.04. The molecule has 4 amide bonds. The van der Waals surface area contributed by atoms with Gasteiger partial charge in [-0.25, -0.2) is 0 Å². The van der Waals surface area contributed by atoms with Crippen molar-refractivity contribution in [2.75, 3.05) is 24.5 Å². The number of nitrogens with zero attached hydrogens (tertiary/aromatic N) is 2. The molecule has 0 aromatic heterocycles. The van der Waals surface area contributed by atoms with Crippen LogP contribution in [0.4, 0.5) is 11.4 Å². The number of phenols is 1. The molecule has 0 radical (unpaired) electrons. The molecule has 8 rings (SSSR count). The maximum absolute atomic E-state index is 15.6. The van der Waals surface area contributed by atoms with Gasteiger partial charge in [-0.05, 0) is 145 Å². The van der Waals surface area contributed by atoms with Gasteiger partial charge in [0.25, 0.3) is 11.8 Å². The number of fused-ring (bicyclic) bond motifs is 4. The average molecular weight is 1020 g/mol. The van der Waals surface area contributed by atoms with Gasteiger partial charge in [-0.2, -0.15) is 5.01 Å². The molecule has 0 bridgehead atoms. The lowest BCUT2D eigenvalue weighted by Crippen LogP contribution is -2.53. The smallest absolute Gasteiger partial charge is 0.260 e. The number of rotatable bonds is 7. The number of nitrogens with one attached hydrogen (secondary N) is 1. The van der Waals surface area contributed by atoms with Gasteiger partial charge in [0, 0.05) is 19.0 Å². The van der Waals surface area contributed by atoms with Crippen LogP contribution < -0.4 is 19.8 Å². The van der Waals surface area contributed by atoms with Crippen molar-refractivity contribution in [1.29, 1.82) is 0 Å². The molecule has 55 heavy (non-hydrogen) atoms. The molecular formula is C40H30Br2Cl2IN3O7. The van der Waals surface area contributed by atoms with E-state index in [0.717, 1.165) is 14.2 Å². The molecule has 6 atom stereocenters. The molecular weight excluding hydrogens is 992 g/mol. The monoisotopic (exact) mass is 1020 g/mol. The highest BCUT2D eigenvalue weighted by molar-refractivity contribution is 14.1. The molecule has 0 spiro atoms. The molecule has 2 heterocycles. The first-order chi connectivity index (χ1) is 26.3. The maximum atomic E-state index is 15.6. The summed E-state index contributed by atoms with van der Waals surface area (Å²) in [5, 5.41) is 12.6. The fraction of sp³-hybridized carbons (Fsp3) is 0.250. The summed E-state index contributed by atoms with van der Waals surface area (Å²) in [6.07, 6.45) is 2.28. The Morgan fingerprint density at radius 3 is 2.24 bits per heavy atom. The quantitative estimate of drug-likeness (QED) is 0.107. The van der Waals surface area contributed by atoms with Gasteiger partial charge in [0.05, 0.1) is 58.3 Å². The van der Waals surface area contributed by atoms with E-state index in [1.54, 1.807) is 54.6 Å². The summed E-state index contributed by atoms with van der Waals surface area (Å²) in [5.74, 6) is -5.31. The highest BCUT2D eigenvalue weighted by Gasteiger charge is 2.70. The minimum absolute atomic E-state index is 0.0835. The van der Waals surface area contributed by atoms with E-state index in [0.29, 0.717) is 32.1 Å². The summed E-state index contributed by atoms with van der Waals surface area (Å²) < 4.78 is 12.8. The first-order valence-electron chi connectivity index (χ1n) is 17.2. The summed E-state index contributed by atoms with van der Waals surface area (Å²) in [6, 6.07) is 20.5. The first kappa shape index (κ1) is 38.3. The number of hydrazine groups is 1. The normalized spacial score (nSPS) is 25.7. The highest BCUT2D eigenvalue weighted by atomic mass is 127. The molecule has 6 unspecified atom stereocenters. The van der Waals surface area contributed by atoms with Crippen LogP contribution in [-0.4, -0.2) is 48.0 Å². The van der Waals surface area contributed by atoms with E-state index in [1.807, 2.05) is 18.2 Å². The van der Waals surface area contributed by atoms with Crippen LogP contribution in [-0.2, 0) is 24.6 Å². The van der Waals surface area contributed by atoms with E-state index in [-0.39, 0.29) is 51.3 Å². The zero-order valence-electron chi connectivity index (χ0n) is 29.0. The van der Waals surface area contributed by atoms with Crippen molar-refractivity contribution < 1.29 is 33.8 Å². The molecule has 4 aliphatic rings. The van der Waals surface area contributed by atoms with E-state index in [9.17, 15) is 14.7 Å². The van der Waals surface area contributed by atoms with E-state index >= 15 is 9.59 Å². The Balaban J connectivity index is 1.37. The number of halogens is 5. The van der Waals surface area contributed by atoms with Crippen molar-refractivity contribution in [2.24, 2.45) is 23.7 Å². The Morgan fingerprint density at radius 2 is 1.58 bits per heavy atom. The third-order valence-electron chi connectivity index (χ3n) is 11.4. The number of allylic oxidation sites excluding steroid dienone is 2. The Morgan fingerprint density at radius 1 is 0.873 bits per heavy atom. The van der Waals surface area contributed by atoms with Gasteiger partial charge in [-0.3, -0.25) is 29.5 Å². The minimum Gasteiger partial charge on any atom is -0.503 e. The lowest BCUT2D eigenvalue weighted by molar-refractivity contribution is -0.138. The molecule has 4 aromatic carbocycles. The Hall–Kier alpha value is -3.63. The first-order valence-corrected chi connectivity index (χ1v) is 20.6. The van der Waals surface area contributed by atoms with Crippen LogP contribution in [0, 0.1) is 27.2 Å². The maximum Gasteiger partial charge on any atom is 0.260 e. The van der Waals surface area contributed by atoms with Crippen LogP contribution in [0.15, 0.2) is 93.4 Å². The largest absolute Gasteiger partial charge is 0.503 e. The van der Waals surface area contributed by atoms with Crippen LogP contribution in [0.1, 0.15) is 29.9 Å². The molecule has 10 nitrogen and oxygen atoms in total. The number of hydrogen-bond donors (Lipinski definition) is 2. The third kappa shape index (κ3) is 5.81. The molecule has 4 aromatic rings. The van der Waals surface area contributed by atoms with Gasteiger partial charge in [-0.1, -0.05) is 47.0 Å². The van der Waals surface area contributed by atoms with Gasteiger partial charge >= 0.3 is 0 Å². The van der Waals surface area contributed by atoms with Gasteiger partial charge < -0.3 is 14.6 Å². The van der Waals surface area contributed by atoms with Crippen molar-refractivity contribution in [3.05, 3.63) is 118 Å². The van der Waals surface area contributed by atoms with Crippen LogP contribution in [0.2, 0.25) is 10.0 Å². The van der Waals surface area contributed by atoms with Crippen molar-refractivity contribution >= 4 is 113 Å². The Bertz CT molecular complexity index is 2340. The molecule has 2 N–H and O–H groups in total. The van der Waals surface area contributed by atoms with Gasteiger partial charge in [-0.15, -0.1) is 0 Å². The van der Waals surface area contributed by atoms with Crippen LogP contribution in [0.25, 0.3) is 0 Å². The van der Waals surface area contributed by atoms with E-state index in [2.05, 4.69) is 59.9 Å². The topological polar surface area (TPSA) is 125 Å². The van der Waals surface area contributed by atoms with Crippen molar-refractivity contribution in [3.63, 3.8) is 0 Å². The van der Waals surface area contributed by atoms with Crippen LogP contribution in [0.3, 0.4) is 0 Å². The number of carbonyl (C=O) groups is 4. The fourth-order valence-corrected chi connectivity index (χ4v) is 10.8. The molecule has 2 saturated heterocycles. The summed E-state index contributed by atoms with van der Waals surface area (Å²) in [4.78, 5) is 60.6. The Kier molecular flexibility index (Phi) is 10.0. The van der Waals surface area contributed by atoms with E-state index < -0.39 is 46.8 Å². The second-order valence-electron chi connectivity index (χ2n) is 13.8. The number of phenolic OH excluding ortho intramolecular Hbond substituents is 1. The summed E-state index contributed by atoms with van der Waals surface area (Å²) in [7, 11) is 2.96. The minimum atomic E-state index is -1.62. The number of anilines is 2. The average Bonchev–Trinajstić information content (AvgIpc) is 3.56. The van der Waals surface area contributed by atoms with Gasteiger partial charge in [0.1, 0.15) is 5.75 Å². The lowest BCUT2D eigenvalue weighted by Gasteiger charge is -2.51. The zero-order chi connectivity index (χ0) is 39.1. The number of aromatic hydroxyl groups is 1. The molecule has 15 heteroatoms. The zero-order valence-corrected chi connectivity index (χ0v) is 35.8. The Labute approximate surface area is 356 Å². The van der Waals surface area contributed by atoms with E-state index in [4.69, 9.17) is 32.7 Å². The summed E-state index contributed by atoms with van der Waals surface area (Å²) >= 11 is 22.2. The van der Waals surface area contributed by atoms with E-state index in [1.165, 1.54) is 25.2 Å². The molecule has 1 saturated carbocycles. The second kappa shape index (κ2) is 14.4. The number of hydrogen-bond acceptors (Lipinski definition) is 8. The SMILES string of the molecule is COc1ccc(C23C(=O)N(Nc4ccc(Cl)cc4Cl)C(=O)C2CC2C(=CCC4C(=O)N(c5ccc(I)cc5)C(=O)C42)C3c2cc(OC)c(O)c(Br)c2Br)cc1. The number of carbonyl (C=O) groups excluding carboxylic acids is 4. The number of amides is 4. The standard InChI is InChI=1S/C40H30Br2Cl2IN3O7/c1-54-22-10-3-18(4-11-22)40-27(37(51)48(39(40)53)46-29-14-5-19(43)15-28(29)44)16-25-23(32(40)26-17-30(55-2)35(49)34(42)33(26)41)12-13-24-31(25)38(52)47(36(24)50)21-8-6-20(45)7-9-21/h3-12,14-15,17,24-25,27,31-32,46,49H,13,16H2,1-2H3. The van der Waals surface area contributed by atoms with Crippen molar-refractivity contribution in [3.8, 4) is 17.2 Å². The van der Waals surface area contributed by atoms with Gasteiger partial charge in [0.15, 0.2) is 11.5 Å². The molecule has 2 aliphatic heterocycles. The summed E-state index contributed by atoms with van der Waals surface area (Å²) in [5.41, 5.74) is 3.92. The number of imide groups is 2. The molecule has 2 aliphatic carbocycles. The van der Waals surface area contributed by atoms with Crippen LogP contribution >= 0.6 is 77.7 Å². The summed E-state index contributed by atoms with van der Waals surface area (Å²) in [6.45, 7) is 0. The third-order valence-corrected chi connectivity index (χ3v) is 14.8. The fourth-order valence-electron chi connectivity index (χ4n) is 9.01. The van der Waals surface area contributed by atoms with Crippen molar-refractivity contribution in [1.82, 2.24) is 5.01 Å². The van der Waals surface area contributed by atoms with Crippen molar-refractivity contribution in [2.45, 2.75) is 24.2 Å². The predicted molar refractivity (Wildman–Crippen MR) is 222 cm³/mol. The van der Waals surface area contributed by atoms with Crippen LogP contribution in [0.5, 0.6) is 17.2 Å².